The second-order valence-corrected chi connectivity index (χ2v) is 5.11. The molecule has 82 valence electrons. The van der Waals surface area contributed by atoms with Crippen LogP contribution in [0.4, 0.5) is 10.2 Å². The number of aromatic nitrogens is 2. The van der Waals surface area contributed by atoms with Crippen molar-refractivity contribution in [2.75, 3.05) is 5.73 Å². The zero-order chi connectivity index (χ0) is 10.5. The molecule has 2 aliphatic carbocycles. The van der Waals surface area contributed by atoms with E-state index in [2.05, 4.69) is 10.2 Å². The fraction of sp³-hybridized carbons (Fsp3) is 0.727. The summed E-state index contributed by atoms with van der Waals surface area (Å²) in [6.45, 7) is 0. The van der Waals surface area contributed by atoms with E-state index in [9.17, 15) is 4.39 Å². The van der Waals surface area contributed by atoms with Gasteiger partial charge in [-0.05, 0) is 43.9 Å². The summed E-state index contributed by atoms with van der Waals surface area (Å²) in [5.74, 6) is -0.00974. The molecule has 0 unspecified atom stereocenters. The van der Waals surface area contributed by atoms with Gasteiger partial charge in [-0.3, -0.25) is 5.10 Å². The van der Waals surface area contributed by atoms with Crippen LogP contribution in [0.15, 0.2) is 0 Å². The van der Waals surface area contributed by atoms with Crippen molar-refractivity contribution in [2.24, 2.45) is 5.41 Å². The predicted octanol–water partition coefficient (Wildman–Crippen LogP) is 2.57. The lowest BCUT2D eigenvalue weighted by Gasteiger charge is -2.27. The second-order valence-electron chi connectivity index (χ2n) is 5.11. The molecule has 0 saturated heterocycles. The molecule has 15 heavy (non-hydrogen) atoms. The van der Waals surface area contributed by atoms with E-state index in [0.29, 0.717) is 17.0 Å². The van der Waals surface area contributed by atoms with Gasteiger partial charge < -0.3 is 5.73 Å². The van der Waals surface area contributed by atoms with Crippen molar-refractivity contribution in [3.05, 3.63) is 11.5 Å². The summed E-state index contributed by atoms with van der Waals surface area (Å²) in [6, 6.07) is 0. The van der Waals surface area contributed by atoms with E-state index in [-0.39, 0.29) is 11.6 Å². The molecule has 0 amide bonds. The van der Waals surface area contributed by atoms with Crippen LogP contribution in [0.2, 0.25) is 0 Å². The quantitative estimate of drug-likeness (QED) is 0.746. The molecule has 3 nitrogen and oxygen atoms in total. The highest BCUT2D eigenvalue weighted by Gasteiger charge is 2.45. The second kappa shape index (κ2) is 2.97. The standard InChI is InChI=1S/C11H16FN3/c12-8-9(14-15-10(8)13)7-1-3-11(4-2-7)5-6-11/h7H,1-6H2,(H3,13,14,15). The highest BCUT2D eigenvalue weighted by molar-refractivity contribution is 5.33. The van der Waals surface area contributed by atoms with Crippen LogP contribution in [0.25, 0.3) is 0 Å². The third-order valence-electron chi connectivity index (χ3n) is 4.17. The zero-order valence-electron chi connectivity index (χ0n) is 8.72. The Bertz CT molecular complexity index is 371. The predicted molar refractivity (Wildman–Crippen MR) is 55.8 cm³/mol. The Hall–Kier alpha value is -1.06. The van der Waals surface area contributed by atoms with Gasteiger partial charge in [0.25, 0.3) is 0 Å². The van der Waals surface area contributed by atoms with Crippen molar-refractivity contribution in [1.29, 1.82) is 0 Å². The molecule has 1 spiro atoms. The van der Waals surface area contributed by atoms with Gasteiger partial charge in [-0.1, -0.05) is 0 Å². The zero-order valence-corrected chi connectivity index (χ0v) is 8.72. The van der Waals surface area contributed by atoms with E-state index >= 15 is 0 Å². The first-order valence-corrected chi connectivity index (χ1v) is 5.69. The number of H-pyrrole nitrogens is 1. The van der Waals surface area contributed by atoms with Crippen LogP contribution in [-0.2, 0) is 0 Å². The first-order valence-electron chi connectivity index (χ1n) is 5.69. The van der Waals surface area contributed by atoms with Gasteiger partial charge in [-0.2, -0.15) is 5.10 Å². The van der Waals surface area contributed by atoms with Crippen LogP contribution in [-0.4, -0.2) is 10.2 Å². The number of rotatable bonds is 1. The topological polar surface area (TPSA) is 54.7 Å². The van der Waals surface area contributed by atoms with Crippen LogP contribution in [0, 0.1) is 11.2 Å². The van der Waals surface area contributed by atoms with Crippen LogP contribution in [0.5, 0.6) is 0 Å². The minimum absolute atomic E-state index is 0.0108. The van der Waals surface area contributed by atoms with Crippen LogP contribution in [0.3, 0.4) is 0 Å². The number of nitrogens with zero attached hydrogens (tertiary/aromatic N) is 1. The van der Waals surface area contributed by atoms with Gasteiger partial charge in [0.15, 0.2) is 11.6 Å². The Morgan fingerprint density at radius 2 is 1.93 bits per heavy atom. The fourth-order valence-electron chi connectivity index (χ4n) is 2.82. The minimum Gasteiger partial charge on any atom is -0.380 e. The maximum Gasteiger partial charge on any atom is 0.188 e. The van der Waals surface area contributed by atoms with Crippen LogP contribution >= 0.6 is 0 Å². The van der Waals surface area contributed by atoms with Gasteiger partial charge in [0, 0.05) is 5.92 Å². The Labute approximate surface area is 88.2 Å². The van der Waals surface area contributed by atoms with Crippen molar-refractivity contribution in [1.82, 2.24) is 10.2 Å². The smallest absolute Gasteiger partial charge is 0.188 e. The maximum absolute atomic E-state index is 13.5. The average Bonchev–Trinajstić information content (AvgIpc) is 2.92. The molecule has 0 atom stereocenters. The molecular weight excluding hydrogens is 193 g/mol. The number of hydrogen-bond acceptors (Lipinski definition) is 2. The lowest BCUT2D eigenvalue weighted by atomic mass is 9.78. The Morgan fingerprint density at radius 3 is 2.40 bits per heavy atom. The maximum atomic E-state index is 13.5. The first-order chi connectivity index (χ1) is 7.20. The molecule has 1 aromatic heterocycles. The number of aromatic amines is 1. The molecule has 1 aromatic rings. The molecule has 4 heteroatoms. The van der Waals surface area contributed by atoms with E-state index in [1.165, 1.54) is 25.7 Å². The van der Waals surface area contributed by atoms with E-state index < -0.39 is 0 Å². The molecule has 2 aliphatic rings. The van der Waals surface area contributed by atoms with Crippen molar-refractivity contribution < 1.29 is 4.39 Å². The summed E-state index contributed by atoms with van der Waals surface area (Å²) >= 11 is 0. The first kappa shape index (κ1) is 9.19. The van der Waals surface area contributed by atoms with Gasteiger partial charge in [0.05, 0.1) is 5.69 Å². The lowest BCUT2D eigenvalue weighted by Crippen LogP contribution is -2.15. The van der Waals surface area contributed by atoms with Gasteiger partial charge in [-0.15, -0.1) is 0 Å². The number of anilines is 1. The minimum atomic E-state index is -0.327. The van der Waals surface area contributed by atoms with Crippen molar-refractivity contribution in [3.63, 3.8) is 0 Å². The lowest BCUT2D eigenvalue weighted by molar-refractivity contribution is 0.299. The van der Waals surface area contributed by atoms with Gasteiger partial charge in [-0.25, -0.2) is 4.39 Å². The average molecular weight is 209 g/mol. The third kappa shape index (κ3) is 1.43. The summed E-state index contributed by atoms with van der Waals surface area (Å²) in [7, 11) is 0. The van der Waals surface area contributed by atoms with E-state index in [1.54, 1.807) is 0 Å². The molecule has 0 aliphatic heterocycles. The number of halogens is 1. The van der Waals surface area contributed by atoms with Gasteiger partial charge in [0.2, 0.25) is 0 Å². The SMILES string of the molecule is Nc1n[nH]c(C2CCC3(CC2)CC3)c1F. The molecule has 3 N–H and O–H groups in total. The highest BCUT2D eigenvalue weighted by atomic mass is 19.1. The summed E-state index contributed by atoms with van der Waals surface area (Å²) < 4.78 is 13.5. The Balaban J connectivity index is 1.75. The summed E-state index contributed by atoms with van der Waals surface area (Å²) in [5.41, 5.74) is 6.67. The highest BCUT2D eigenvalue weighted by Crippen LogP contribution is 2.58. The molecule has 3 rings (SSSR count). The van der Waals surface area contributed by atoms with Gasteiger partial charge >= 0.3 is 0 Å². The van der Waals surface area contributed by atoms with Crippen molar-refractivity contribution >= 4 is 5.82 Å². The van der Waals surface area contributed by atoms with E-state index in [0.717, 1.165) is 12.8 Å². The number of nitrogen functional groups attached to an aromatic ring is 1. The van der Waals surface area contributed by atoms with E-state index in [1.807, 2.05) is 0 Å². The van der Waals surface area contributed by atoms with E-state index in [4.69, 9.17) is 5.73 Å². The third-order valence-corrected chi connectivity index (χ3v) is 4.17. The molecule has 0 radical (unpaired) electrons. The summed E-state index contributed by atoms with van der Waals surface area (Å²) in [4.78, 5) is 0. The summed E-state index contributed by atoms with van der Waals surface area (Å²) in [6.07, 6.45) is 7.42. The molecule has 2 fully saturated rings. The molecular formula is C11H16FN3. The number of nitrogens with one attached hydrogen (secondary N) is 1. The number of hydrogen-bond donors (Lipinski definition) is 2. The largest absolute Gasteiger partial charge is 0.380 e. The Kier molecular flexibility index (Phi) is 1.82. The van der Waals surface area contributed by atoms with Crippen molar-refractivity contribution in [2.45, 2.75) is 44.4 Å². The monoisotopic (exact) mass is 209 g/mol. The molecule has 0 bridgehead atoms. The Morgan fingerprint density at radius 1 is 1.27 bits per heavy atom. The molecule has 2 saturated carbocycles. The van der Waals surface area contributed by atoms with Crippen LogP contribution < -0.4 is 5.73 Å². The number of nitrogens with two attached hydrogens (primary N) is 1. The van der Waals surface area contributed by atoms with Crippen molar-refractivity contribution in [3.8, 4) is 0 Å². The fourth-order valence-corrected chi connectivity index (χ4v) is 2.82. The van der Waals surface area contributed by atoms with Gasteiger partial charge in [0.1, 0.15) is 0 Å². The molecule has 0 aromatic carbocycles. The molecule has 1 heterocycles. The summed E-state index contributed by atoms with van der Waals surface area (Å²) in [5, 5.41) is 6.46. The normalized spacial score (nSPS) is 24.6. The van der Waals surface area contributed by atoms with Crippen LogP contribution in [0.1, 0.15) is 50.1 Å².